The van der Waals surface area contributed by atoms with Gasteiger partial charge in [-0.2, -0.15) is 19.9 Å². The van der Waals surface area contributed by atoms with E-state index in [4.69, 9.17) is 18.9 Å². The molecule has 2 aromatic rings. The van der Waals surface area contributed by atoms with E-state index >= 15 is 0 Å². The summed E-state index contributed by atoms with van der Waals surface area (Å²) in [5.74, 6) is 0.267. The van der Waals surface area contributed by atoms with Crippen molar-refractivity contribution in [3.63, 3.8) is 0 Å². The lowest BCUT2D eigenvalue weighted by atomic mass is 10.8. The highest BCUT2D eigenvalue weighted by molar-refractivity contribution is 5.43. The number of rotatable bonds is 6. The molecule has 0 aliphatic carbocycles. The summed E-state index contributed by atoms with van der Waals surface area (Å²) in [5.41, 5.74) is 0. The molecule has 0 saturated carbocycles. The van der Waals surface area contributed by atoms with Crippen LogP contribution in [-0.2, 0) is 0 Å². The lowest BCUT2D eigenvalue weighted by Crippen LogP contribution is -2.07. The third-order valence-electron chi connectivity index (χ3n) is 2.14. The maximum absolute atomic E-state index is 4.94. The first-order chi connectivity index (χ1) is 10.2. The summed E-state index contributed by atoms with van der Waals surface area (Å²) in [7, 11) is 5.70. The standard InChI is InChI=1S/C10H13N7O4/c1-18-7-12-5(13-8(16-7)19-2)11-6-14-9(20-3)17-10(15-6)21-4/h1-4H3,(H,11,12,13,14,15,16,17). The fourth-order valence-corrected chi connectivity index (χ4v) is 1.25. The molecule has 0 aromatic carbocycles. The lowest BCUT2D eigenvalue weighted by molar-refractivity contribution is 0.340. The largest absolute Gasteiger partial charge is 0.467 e. The molecular formula is C10H13N7O4. The maximum Gasteiger partial charge on any atom is 0.324 e. The molecule has 21 heavy (non-hydrogen) atoms. The number of methoxy groups -OCH3 is 4. The van der Waals surface area contributed by atoms with Crippen LogP contribution in [0.3, 0.4) is 0 Å². The second-order valence-electron chi connectivity index (χ2n) is 3.39. The Balaban J connectivity index is 2.32. The highest BCUT2D eigenvalue weighted by atomic mass is 16.5. The van der Waals surface area contributed by atoms with Gasteiger partial charge in [-0.05, 0) is 0 Å². The third-order valence-corrected chi connectivity index (χ3v) is 2.14. The Hall–Kier alpha value is -2.98. The van der Waals surface area contributed by atoms with Crippen LogP contribution >= 0.6 is 0 Å². The van der Waals surface area contributed by atoms with Gasteiger partial charge in [-0.3, -0.25) is 5.32 Å². The molecule has 0 amide bonds. The minimum Gasteiger partial charge on any atom is -0.467 e. The molecule has 2 heterocycles. The zero-order valence-corrected chi connectivity index (χ0v) is 11.8. The number of nitrogens with zero attached hydrogens (tertiary/aromatic N) is 6. The number of hydrogen-bond acceptors (Lipinski definition) is 11. The SMILES string of the molecule is COc1nc(Nc2nc(OC)nc(OC)n2)nc(OC)n1. The highest BCUT2D eigenvalue weighted by Crippen LogP contribution is 2.17. The van der Waals surface area contributed by atoms with Gasteiger partial charge in [0.2, 0.25) is 11.9 Å². The summed E-state index contributed by atoms with van der Waals surface area (Å²) in [6, 6.07) is 0.323. The maximum atomic E-state index is 4.94. The second kappa shape index (κ2) is 6.45. The molecule has 0 fully saturated rings. The van der Waals surface area contributed by atoms with Crippen molar-refractivity contribution in [3.8, 4) is 24.0 Å². The van der Waals surface area contributed by atoms with Gasteiger partial charge >= 0.3 is 24.0 Å². The Bertz CT molecular complexity index is 526. The summed E-state index contributed by atoms with van der Waals surface area (Å²) >= 11 is 0. The van der Waals surface area contributed by atoms with Gasteiger partial charge < -0.3 is 18.9 Å². The first kappa shape index (κ1) is 14.4. The van der Waals surface area contributed by atoms with E-state index in [-0.39, 0.29) is 35.9 Å². The normalized spacial score (nSPS) is 9.90. The molecule has 0 aliphatic heterocycles. The molecule has 11 heteroatoms. The Kier molecular flexibility index (Phi) is 4.43. The second-order valence-corrected chi connectivity index (χ2v) is 3.39. The van der Waals surface area contributed by atoms with Crippen LogP contribution in [0.4, 0.5) is 11.9 Å². The predicted molar refractivity (Wildman–Crippen MR) is 69.1 cm³/mol. The number of aromatic nitrogens is 6. The predicted octanol–water partition coefficient (Wildman–Crippen LogP) is -0.165. The molecule has 0 atom stereocenters. The van der Waals surface area contributed by atoms with Crippen LogP contribution in [0.25, 0.3) is 0 Å². The van der Waals surface area contributed by atoms with Gasteiger partial charge in [0.1, 0.15) is 0 Å². The summed E-state index contributed by atoms with van der Waals surface area (Å²) in [6.07, 6.45) is 0. The fourth-order valence-electron chi connectivity index (χ4n) is 1.25. The fraction of sp³-hybridized carbons (Fsp3) is 0.400. The van der Waals surface area contributed by atoms with Crippen molar-refractivity contribution in [2.75, 3.05) is 33.8 Å². The quantitative estimate of drug-likeness (QED) is 0.763. The van der Waals surface area contributed by atoms with E-state index < -0.39 is 0 Å². The average molecular weight is 295 g/mol. The number of nitrogens with one attached hydrogen (secondary N) is 1. The lowest BCUT2D eigenvalue weighted by Gasteiger charge is -2.07. The van der Waals surface area contributed by atoms with Gasteiger partial charge in [0.25, 0.3) is 0 Å². The van der Waals surface area contributed by atoms with Crippen LogP contribution < -0.4 is 24.3 Å². The van der Waals surface area contributed by atoms with Gasteiger partial charge in [0.05, 0.1) is 28.4 Å². The van der Waals surface area contributed by atoms with Gasteiger partial charge in [-0.1, -0.05) is 0 Å². The molecule has 0 aliphatic rings. The van der Waals surface area contributed by atoms with Crippen LogP contribution in [0.2, 0.25) is 0 Å². The molecule has 0 bridgehead atoms. The molecule has 11 nitrogen and oxygen atoms in total. The van der Waals surface area contributed by atoms with Gasteiger partial charge in [-0.25, -0.2) is 0 Å². The summed E-state index contributed by atoms with van der Waals surface area (Å²) in [6.45, 7) is 0. The third kappa shape index (κ3) is 3.52. The molecule has 2 aromatic heterocycles. The van der Waals surface area contributed by atoms with Crippen LogP contribution in [0, 0.1) is 0 Å². The molecule has 112 valence electrons. The molecule has 0 spiro atoms. The van der Waals surface area contributed by atoms with Crippen molar-refractivity contribution >= 4 is 11.9 Å². The van der Waals surface area contributed by atoms with Crippen LogP contribution in [0.5, 0.6) is 24.0 Å². The zero-order chi connectivity index (χ0) is 15.2. The van der Waals surface area contributed by atoms with E-state index in [0.29, 0.717) is 0 Å². The number of anilines is 2. The first-order valence-electron chi connectivity index (χ1n) is 5.63. The molecule has 1 N–H and O–H groups in total. The Morgan fingerprint density at radius 2 is 0.810 bits per heavy atom. The van der Waals surface area contributed by atoms with Crippen LogP contribution in [-0.4, -0.2) is 58.3 Å². The topological polar surface area (TPSA) is 126 Å². The monoisotopic (exact) mass is 295 g/mol. The number of hydrogen-bond donors (Lipinski definition) is 1. The Labute approximate surface area is 119 Å². The summed E-state index contributed by atoms with van der Waals surface area (Å²) in [4.78, 5) is 23.7. The van der Waals surface area contributed by atoms with Crippen molar-refractivity contribution in [3.05, 3.63) is 0 Å². The minimum absolute atomic E-state index is 0.0809. The van der Waals surface area contributed by atoms with E-state index in [9.17, 15) is 0 Å². The summed E-state index contributed by atoms with van der Waals surface area (Å²) in [5, 5.41) is 2.76. The van der Waals surface area contributed by atoms with Crippen molar-refractivity contribution in [2.45, 2.75) is 0 Å². The van der Waals surface area contributed by atoms with Crippen molar-refractivity contribution in [1.29, 1.82) is 0 Å². The molecule has 2 rings (SSSR count). The van der Waals surface area contributed by atoms with Crippen molar-refractivity contribution in [2.24, 2.45) is 0 Å². The van der Waals surface area contributed by atoms with Gasteiger partial charge in [-0.15, -0.1) is 9.97 Å². The van der Waals surface area contributed by atoms with Crippen molar-refractivity contribution in [1.82, 2.24) is 29.9 Å². The van der Waals surface area contributed by atoms with Crippen molar-refractivity contribution < 1.29 is 18.9 Å². The van der Waals surface area contributed by atoms with Gasteiger partial charge in [0.15, 0.2) is 0 Å². The zero-order valence-electron chi connectivity index (χ0n) is 11.8. The van der Waals surface area contributed by atoms with E-state index in [1.54, 1.807) is 0 Å². The van der Waals surface area contributed by atoms with E-state index in [1.165, 1.54) is 28.4 Å². The molecular weight excluding hydrogens is 282 g/mol. The van der Waals surface area contributed by atoms with E-state index in [2.05, 4.69) is 35.2 Å². The van der Waals surface area contributed by atoms with Gasteiger partial charge in [0, 0.05) is 0 Å². The molecule has 0 unspecified atom stereocenters. The Morgan fingerprint density at radius 1 is 0.524 bits per heavy atom. The van der Waals surface area contributed by atoms with E-state index in [1.807, 2.05) is 0 Å². The summed E-state index contributed by atoms with van der Waals surface area (Å²) < 4.78 is 19.8. The van der Waals surface area contributed by atoms with E-state index in [0.717, 1.165) is 0 Å². The smallest absolute Gasteiger partial charge is 0.324 e. The van der Waals surface area contributed by atoms with Crippen LogP contribution in [0.1, 0.15) is 0 Å². The van der Waals surface area contributed by atoms with Crippen LogP contribution in [0.15, 0.2) is 0 Å². The molecule has 0 radical (unpaired) electrons. The highest BCUT2D eigenvalue weighted by Gasteiger charge is 2.11. The number of ether oxygens (including phenoxy) is 4. The first-order valence-corrected chi connectivity index (χ1v) is 5.63. The molecule has 0 saturated heterocycles. The minimum atomic E-state index is 0.0809. The Morgan fingerprint density at radius 3 is 1.05 bits per heavy atom. The average Bonchev–Trinajstić information content (AvgIpc) is 2.53.